The first-order valence-corrected chi connectivity index (χ1v) is 4.84. The summed E-state index contributed by atoms with van der Waals surface area (Å²) >= 11 is 0. The highest BCUT2D eigenvalue weighted by molar-refractivity contribution is 5.81. The molecule has 0 spiro atoms. The monoisotopic (exact) mass is 216 g/mol. The van der Waals surface area contributed by atoms with Gasteiger partial charge in [0.15, 0.2) is 5.60 Å². The Labute approximate surface area is 88.4 Å². The summed E-state index contributed by atoms with van der Waals surface area (Å²) in [5.41, 5.74) is -1.70. The first kappa shape index (κ1) is 12.0. The minimum atomic E-state index is -1.13. The second-order valence-electron chi connectivity index (χ2n) is 4.67. The van der Waals surface area contributed by atoms with E-state index in [9.17, 15) is 9.59 Å². The molecule has 1 N–H and O–H groups in total. The molecule has 5 heteroatoms. The summed E-state index contributed by atoms with van der Waals surface area (Å²) in [6.45, 7) is 4.93. The van der Waals surface area contributed by atoms with E-state index in [-0.39, 0.29) is 6.61 Å². The summed E-state index contributed by atoms with van der Waals surface area (Å²) in [4.78, 5) is 21.9. The van der Waals surface area contributed by atoms with Gasteiger partial charge in [0.25, 0.3) is 0 Å². The van der Waals surface area contributed by atoms with Gasteiger partial charge in [-0.2, -0.15) is 0 Å². The average molecular weight is 216 g/mol. The average Bonchev–Trinajstić information content (AvgIpc) is 2.77. The number of hydrogen-bond acceptors (Lipinski definition) is 4. The number of ether oxygens (including phenoxy) is 2. The van der Waals surface area contributed by atoms with Crippen LogP contribution in [0.2, 0.25) is 0 Å². The van der Waals surface area contributed by atoms with E-state index in [1.807, 2.05) is 0 Å². The van der Waals surface area contributed by atoms with Crippen molar-refractivity contribution >= 4 is 11.9 Å². The quantitative estimate of drug-likeness (QED) is 0.708. The number of hydrogen-bond donors (Lipinski definition) is 1. The summed E-state index contributed by atoms with van der Waals surface area (Å²) in [5.74, 6) is -1.54. The predicted molar refractivity (Wildman–Crippen MR) is 51.4 cm³/mol. The molecule has 0 aromatic rings. The van der Waals surface area contributed by atoms with Crippen molar-refractivity contribution in [1.29, 1.82) is 0 Å². The number of esters is 1. The van der Waals surface area contributed by atoms with Crippen LogP contribution >= 0.6 is 0 Å². The summed E-state index contributed by atoms with van der Waals surface area (Å²) in [7, 11) is 0. The van der Waals surface area contributed by atoms with Crippen LogP contribution in [0.1, 0.15) is 33.6 Å². The molecule has 0 aromatic carbocycles. The summed E-state index contributed by atoms with van der Waals surface area (Å²) in [6.07, 6.45) is 0.927. The Bertz CT molecular complexity index is 272. The van der Waals surface area contributed by atoms with Crippen molar-refractivity contribution < 1.29 is 24.2 Å². The van der Waals surface area contributed by atoms with E-state index >= 15 is 0 Å². The topological polar surface area (TPSA) is 72.8 Å². The number of aliphatic carboxylic acids is 1. The largest absolute Gasteiger partial charge is 0.479 e. The Hall–Kier alpha value is -1.10. The molecule has 5 nitrogen and oxygen atoms in total. The van der Waals surface area contributed by atoms with Gasteiger partial charge in [0.1, 0.15) is 12.2 Å². The van der Waals surface area contributed by atoms with E-state index < -0.39 is 23.1 Å². The van der Waals surface area contributed by atoms with Crippen molar-refractivity contribution in [2.45, 2.75) is 44.8 Å². The van der Waals surface area contributed by atoms with Crippen molar-refractivity contribution in [2.75, 3.05) is 6.61 Å². The molecule has 1 rings (SSSR count). The molecule has 0 bridgehead atoms. The highest BCUT2D eigenvalue weighted by Crippen LogP contribution is 2.39. The van der Waals surface area contributed by atoms with E-state index in [0.717, 1.165) is 0 Å². The van der Waals surface area contributed by atoms with E-state index in [0.29, 0.717) is 12.8 Å². The zero-order valence-electron chi connectivity index (χ0n) is 9.20. The van der Waals surface area contributed by atoms with Gasteiger partial charge in [-0.3, -0.25) is 0 Å². The molecule has 0 heterocycles. The van der Waals surface area contributed by atoms with Gasteiger partial charge in [0.05, 0.1) is 0 Å². The van der Waals surface area contributed by atoms with Gasteiger partial charge in [-0.15, -0.1) is 0 Å². The van der Waals surface area contributed by atoms with Gasteiger partial charge in [0.2, 0.25) is 0 Å². The maximum atomic E-state index is 11.2. The first-order valence-electron chi connectivity index (χ1n) is 4.84. The molecule has 1 saturated carbocycles. The summed E-state index contributed by atoms with van der Waals surface area (Å²) in [6, 6.07) is 0. The number of rotatable bonds is 4. The molecule has 0 amide bonds. The third kappa shape index (κ3) is 3.51. The number of carbonyl (C=O) groups is 2. The normalized spacial score (nSPS) is 18.3. The molecule has 1 aliphatic rings. The van der Waals surface area contributed by atoms with Gasteiger partial charge in [-0.25, -0.2) is 9.59 Å². The fourth-order valence-corrected chi connectivity index (χ4v) is 1.10. The highest BCUT2D eigenvalue weighted by Gasteiger charge is 2.52. The Morgan fingerprint density at radius 2 is 1.87 bits per heavy atom. The molecule has 0 radical (unpaired) electrons. The standard InChI is InChI=1S/C10H16O5/c1-9(2,3)15-7(11)6-14-10(4-5-10)8(12)13/h4-6H2,1-3H3,(H,12,13). The van der Waals surface area contributed by atoms with Crippen LogP contribution in [0.5, 0.6) is 0 Å². The molecule has 0 saturated heterocycles. The van der Waals surface area contributed by atoms with E-state index in [2.05, 4.69) is 0 Å². The lowest BCUT2D eigenvalue weighted by atomic mass is 10.2. The van der Waals surface area contributed by atoms with Crippen LogP contribution in [-0.2, 0) is 19.1 Å². The van der Waals surface area contributed by atoms with Crippen LogP contribution in [0.25, 0.3) is 0 Å². The molecule has 0 aliphatic heterocycles. The number of carbonyl (C=O) groups excluding carboxylic acids is 1. The molecule has 0 aromatic heterocycles. The molecule has 15 heavy (non-hydrogen) atoms. The maximum Gasteiger partial charge on any atom is 0.335 e. The van der Waals surface area contributed by atoms with Gasteiger partial charge in [-0.1, -0.05) is 0 Å². The second kappa shape index (κ2) is 3.81. The van der Waals surface area contributed by atoms with Crippen molar-refractivity contribution in [3.05, 3.63) is 0 Å². The molecular formula is C10H16O5. The van der Waals surface area contributed by atoms with Crippen molar-refractivity contribution in [1.82, 2.24) is 0 Å². The lowest BCUT2D eigenvalue weighted by Gasteiger charge is -2.20. The van der Waals surface area contributed by atoms with Gasteiger partial charge < -0.3 is 14.6 Å². The molecule has 1 fully saturated rings. The summed E-state index contributed by atoms with van der Waals surface area (Å²) in [5, 5.41) is 8.77. The third-order valence-electron chi connectivity index (χ3n) is 1.98. The van der Waals surface area contributed by atoms with Crippen molar-refractivity contribution in [3.63, 3.8) is 0 Å². The van der Waals surface area contributed by atoms with Crippen LogP contribution in [0.15, 0.2) is 0 Å². The van der Waals surface area contributed by atoms with E-state index in [4.69, 9.17) is 14.6 Å². The van der Waals surface area contributed by atoms with Gasteiger partial charge in [-0.05, 0) is 33.6 Å². The summed E-state index contributed by atoms with van der Waals surface area (Å²) < 4.78 is 10.0. The minimum Gasteiger partial charge on any atom is -0.479 e. The Morgan fingerprint density at radius 3 is 2.20 bits per heavy atom. The zero-order chi connectivity index (χ0) is 11.7. The fraction of sp³-hybridized carbons (Fsp3) is 0.800. The Morgan fingerprint density at radius 1 is 1.33 bits per heavy atom. The SMILES string of the molecule is CC(C)(C)OC(=O)COC1(C(=O)O)CC1. The molecule has 0 atom stereocenters. The smallest absolute Gasteiger partial charge is 0.335 e. The lowest BCUT2D eigenvalue weighted by molar-refractivity contribution is -0.168. The molecule has 0 unspecified atom stereocenters. The van der Waals surface area contributed by atoms with Crippen molar-refractivity contribution in [2.24, 2.45) is 0 Å². The van der Waals surface area contributed by atoms with Gasteiger partial charge in [0, 0.05) is 0 Å². The van der Waals surface area contributed by atoms with Crippen molar-refractivity contribution in [3.8, 4) is 0 Å². The number of carboxylic acid groups (broad SMARTS) is 1. The van der Waals surface area contributed by atoms with Gasteiger partial charge >= 0.3 is 11.9 Å². The van der Waals surface area contributed by atoms with E-state index in [1.54, 1.807) is 20.8 Å². The Kier molecular flexibility index (Phi) is 3.04. The fourth-order valence-electron chi connectivity index (χ4n) is 1.10. The van der Waals surface area contributed by atoms with Crippen LogP contribution in [-0.4, -0.2) is 34.9 Å². The lowest BCUT2D eigenvalue weighted by Crippen LogP contribution is -2.32. The Balaban J connectivity index is 2.32. The molecular weight excluding hydrogens is 200 g/mol. The van der Waals surface area contributed by atoms with Crippen LogP contribution in [0.4, 0.5) is 0 Å². The van der Waals surface area contributed by atoms with Crippen LogP contribution in [0, 0.1) is 0 Å². The maximum absolute atomic E-state index is 11.2. The van der Waals surface area contributed by atoms with Crippen LogP contribution < -0.4 is 0 Å². The highest BCUT2D eigenvalue weighted by atomic mass is 16.6. The van der Waals surface area contributed by atoms with E-state index in [1.165, 1.54) is 0 Å². The van der Waals surface area contributed by atoms with Crippen LogP contribution in [0.3, 0.4) is 0 Å². The number of carboxylic acids is 1. The second-order valence-corrected chi connectivity index (χ2v) is 4.67. The molecule has 1 aliphatic carbocycles. The minimum absolute atomic E-state index is 0.302. The zero-order valence-corrected chi connectivity index (χ0v) is 9.20. The molecule has 86 valence electrons. The predicted octanol–water partition coefficient (Wildman–Crippen LogP) is 0.962. The first-order chi connectivity index (χ1) is 6.75. The third-order valence-corrected chi connectivity index (χ3v) is 1.98.